The molecule has 0 aliphatic heterocycles. The molecule has 1 aromatic carbocycles. The molecule has 3 heteroatoms. The van der Waals surface area contributed by atoms with Crippen molar-refractivity contribution in [3.8, 4) is 5.75 Å². The summed E-state index contributed by atoms with van der Waals surface area (Å²) in [5.74, 6) is 3.31. The highest BCUT2D eigenvalue weighted by Crippen LogP contribution is 2.27. The molecular formula is C18H25NO2. The van der Waals surface area contributed by atoms with Gasteiger partial charge in [0.2, 0.25) is 0 Å². The van der Waals surface area contributed by atoms with Crippen molar-refractivity contribution in [1.29, 1.82) is 0 Å². The van der Waals surface area contributed by atoms with E-state index in [0.717, 1.165) is 35.9 Å². The Labute approximate surface area is 127 Å². The number of ether oxygens (including phenoxy) is 1. The van der Waals surface area contributed by atoms with E-state index in [2.05, 4.69) is 44.3 Å². The van der Waals surface area contributed by atoms with Crippen LogP contribution in [0.3, 0.4) is 0 Å². The van der Waals surface area contributed by atoms with Crippen molar-refractivity contribution in [2.75, 3.05) is 6.54 Å². The van der Waals surface area contributed by atoms with Crippen molar-refractivity contribution < 1.29 is 9.15 Å². The average Bonchev–Trinajstić information content (AvgIpc) is 2.83. The van der Waals surface area contributed by atoms with E-state index in [1.807, 2.05) is 19.1 Å². The fourth-order valence-corrected chi connectivity index (χ4v) is 2.31. The van der Waals surface area contributed by atoms with E-state index in [9.17, 15) is 0 Å². The number of hydrogen-bond donors (Lipinski definition) is 1. The molecule has 114 valence electrons. The maximum atomic E-state index is 6.00. The molecule has 0 saturated carbocycles. The highest BCUT2D eigenvalue weighted by atomic mass is 16.5. The smallest absolute Gasteiger partial charge is 0.123 e. The van der Waals surface area contributed by atoms with Gasteiger partial charge in [-0.15, -0.1) is 0 Å². The van der Waals surface area contributed by atoms with E-state index in [1.165, 1.54) is 5.56 Å². The van der Waals surface area contributed by atoms with E-state index < -0.39 is 0 Å². The molecule has 0 spiro atoms. The molecule has 1 aromatic heterocycles. The average molecular weight is 287 g/mol. The Morgan fingerprint density at radius 3 is 2.71 bits per heavy atom. The van der Waals surface area contributed by atoms with E-state index in [1.54, 1.807) is 0 Å². The third kappa shape index (κ3) is 4.11. The molecule has 0 unspecified atom stereocenters. The lowest BCUT2D eigenvalue weighted by Gasteiger charge is -2.13. The highest BCUT2D eigenvalue weighted by Gasteiger charge is 2.10. The SMILES string of the molecule is CCNCc1cc(COc2ccccc2C(C)C)c(C)o1. The van der Waals surface area contributed by atoms with E-state index >= 15 is 0 Å². The first kappa shape index (κ1) is 15.6. The number of hydrogen-bond acceptors (Lipinski definition) is 3. The molecule has 0 atom stereocenters. The summed E-state index contributed by atoms with van der Waals surface area (Å²) in [6, 6.07) is 10.3. The van der Waals surface area contributed by atoms with Crippen molar-refractivity contribution in [1.82, 2.24) is 5.32 Å². The number of para-hydroxylation sites is 1. The summed E-state index contributed by atoms with van der Waals surface area (Å²) >= 11 is 0. The summed E-state index contributed by atoms with van der Waals surface area (Å²) in [6.07, 6.45) is 0. The minimum absolute atomic E-state index is 0.455. The molecule has 21 heavy (non-hydrogen) atoms. The zero-order chi connectivity index (χ0) is 15.2. The quantitative estimate of drug-likeness (QED) is 0.819. The molecule has 0 amide bonds. The first-order valence-corrected chi connectivity index (χ1v) is 7.62. The lowest BCUT2D eigenvalue weighted by Crippen LogP contribution is -2.10. The Morgan fingerprint density at radius 2 is 2.00 bits per heavy atom. The second-order valence-electron chi connectivity index (χ2n) is 5.56. The molecule has 2 rings (SSSR count). The topological polar surface area (TPSA) is 34.4 Å². The van der Waals surface area contributed by atoms with Crippen molar-refractivity contribution >= 4 is 0 Å². The molecule has 0 aliphatic carbocycles. The summed E-state index contributed by atoms with van der Waals surface area (Å²) in [5.41, 5.74) is 2.35. The first-order valence-electron chi connectivity index (χ1n) is 7.62. The van der Waals surface area contributed by atoms with E-state index in [4.69, 9.17) is 9.15 Å². The zero-order valence-corrected chi connectivity index (χ0v) is 13.4. The Morgan fingerprint density at radius 1 is 1.24 bits per heavy atom. The van der Waals surface area contributed by atoms with Crippen LogP contribution in [0.5, 0.6) is 5.75 Å². The second-order valence-corrected chi connectivity index (χ2v) is 5.56. The lowest BCUT2D eigenvalue weighted by atomic mass is 10.0. The van der Waals surface area contributed by atoms with Gasteiger partial charge in [-0.05, 0) is 37.1 Å². The van der Waals surface area contributed by atoms with Gasteiger partial charge in [-0.3, -0.25) is 0 Å². The molecule has 1 heterocycles. The van der Waals surface area contributed by atoms with Crippen LogP contribution < -0.4 is 10.1 Å². The number of rotatable bonds is 7. The van der Waals surface area contributed by atoms with Gasteiger partial charge in [-0.1, -0.05) is 39.0 Å². The minimum Gasteiger partial charge on any atom is -0.488 e. The van der Waals surface area contributed by atoms with Crippen LogP contribution >= 0.6 is 0 Å². The van der Waals surface area contributed by atoms with Crippen LogP contribution in [0.4, 0.5) is 0 Å². The van der Waals surface area contributed by atoms with Gasteiger partial charge in [0.25, 0.3) is 0 Å². The Bertz CT molecular complexity index is 572. The number of furan rings is 1. The van der Waals surface area contributed by atoms with Crippen LogP contribution in [0.1, 0.15) is 49.3 Å². The minimum atomic E-state index is 0.455. The largest absolute Gasteiger partial charge is 0.488 e. The van der Waals surface area contributed by atoms with Crippen molar-refractivity contribution in [3.05, 3.63) is 53.0 Å². The molecule has 0 radical (unpaired) electrons. The summed E-state index contributed by atoms with van der Waals surface area (Å²) in [7, 11) is 0. The summed E-state index contributed by atoms with van der Waals surface area (Å²) in [4.78, 5) is 0. The second kappa shape index (κ2) is 7.32. The van der Waals surface area contributed by atoms with Gasteiger partial charge in [0.05, 0.1) is 6.54 Å². The van der Waals surface area contributed by atoms with Gasteiger partial charge < -0.3 is 14.5 Å². The third-order valence-corrected chi connectivity index (χ3v) is 3.55. The molecule has 0 saturated heterocycles. The predicted molar refractivity (Wildman–Crippen MR) is 85.7 cm³/mol. The first-order chi connectivity index (χ1) is 10.1. The van der Waals surface area contributed by atoms with E-state index in [0.29, 0.717) is 12.5 Å². The van der Waals surface area contributed by atoms with Crippen LogP contribution in [0.2, 0.25) is 0 Å². The Balaban J connectivity index is 2.05. The summed E-state index contributed by atoms with van der Waals surface area (Å²) < 4.78 is 11.7. The maximum Gasteiger partial charge on any atom is 0.123 e. The van der Waals surface area contributed by atoms with Gasteiger partial charge in [0.1, 0.15) is 23.9 Å². The van der Waals surface area contributed by atoms with Crippen LogP contribution in [0.25, 0.3) is 0 Å². The van der Waals surface area contributed by atoms with Gasteiger partial charge in [0.15, 0.2) is 0 Å². The van der Waals surface area contributed by atoms with Gasteiger partial charge >= 0.3 is 0 Å². The van der Waals surface area contributed by atoms with Gasteiger partial charge in [0, 0.05) is 5.56 Å². The summed E-state index contributed by atoms with van der Waals surface area (Å²) in [6.45, 7) is 10.7. The zero-order valence-electron chi connectivity index (χ0n) is 13.4. The Hall–Kier alpha value is -1.74. The predicted octanol–water partition coefficient (Wildman–Crippen LogP) is 4.40. The van der Waals surface area contributed by atoms with Crippen molar-refractivity contribution in [3.63, 3.8) is 0 Å². The van der Waals surface area contributed by atoms with Gasteiger partial charge in [-0.2, -0.15) is 0 Å². The molecule has 0 aliphatic rings. The number of nitrogens with one attached hydrogen (secondary N) is 1. The van der Waals surface area contributed by atoms with E-state index in [-0.39, 0.29) is 0 Å². The van der Waals surface area contributed by atoms with Crippen LogP contribution in [-0.2, 0) is 13.2 Å². The van der Waals surface area contributed by atoms with Crippen LogP contribution in [0.15, 0.2) is 34.7 Å². The lowest BCUT2D eigenvalue weighted by molar-refractivity contribution is 0.298. The standard InChI is InChI=1S/C18H25NO2/c1-5-19-11-16-10-15(14(4)21-16)12-20-18-9-7-6-8-17(18)13(2)3/h6-10,13,19H,5,11-12H2,1-4H3. The van der Waals surface area contributed by atoms with Crippen molar-refractivity contribution in [2.45, 2.75) is 46.8 Å². The summed E-state index contributed by atoms with van der Waals surface area (Å²) in [5, 5.41) is 3.27. The molecule has 0 bridgehead atoms. The normalized spacial score (nSPS) is 11.1. The van der Waals surface area contributed by atoms with Crippen LogP contribution in [0, 0.1) is 6.92 Å². The molecule has 3 nitrogen and oxygen atoms in total. The van der Waals surface area contributed by atoms with Crippen LogP contribution in [-0.4, -0.2) is 6.54 Å². The highest BCUT2D eigenvalue weighted by molar-refractivity contribution is 5.36. The fourth-order valence-electron chi connectivity index (χ4n) is 2.31. The third-order valence-electron chi connectivity index (χ3n) is 3.55. The van der Waals surface area contributed by atoms with Gasteiger partial charge in [-0.25, -0.2) is 0 Å². The number of benzene rings is 1. The fraction of sp³-hybridized carbons (Fsp3) is 0.444. The van der Waals surface area contributed by atoms with Crippen molar-refractivity contribution in [2.24, 2.45) is 0 Å². The monoisotopic (exact) mass is 287 g/mol. The molecule has 2 aromatic rings. The maximum absolute atomic E-state index is 6.00. The molecular weight excluding hydrogens is 262 g/mol. The Kier molecular flexibility index (Phi) is 5.45. The molecule has 1 N–H and O–H groups in total. The molecule has 0 fully saturated rings. The number of aryl methyl sites for hydroxylation is 1.